The molecule has 3 rings (SSSR count). The lowest BCUT2D eigenvalue weighted by Gasteiger charge is -2.32. The van der Waals surface area contributed by atoms with E-state index in [4.69, 9.17) is 4.42 Å². The molecule has 3 heterocycles. The molecule has 0 aliphatic carbocycles. The molecule has 2 aromatic heterocycles. The third-order valence-corrected chi connectivity index (χ3v) is 4.99. The lowest BCUT2D eigenvalue weighted by atomic mass is 10.1. The van der Waals surface area contributed by atoms with Crippen LogP contribution in [0.25, 0.3) is 0 Å². The van der Waals surface area contributed by atoms with E-state index in [1.54, 1.807) is 36.9 Å². The lowest BCUT2D eigenvalue weighted by molar-refractivity contribution is -0.127. The predicted octanol–water partition coefficient (Wildman–Crippen LogP) is 1.86. The molecule has 1 fully saturated rings. The van der Waals surface area contributed by atoms with Crippen molar-refractivity contribution in [3.63, 3.8) is 0 Å². The van der Waals surface area contributed by atoms with Gasteiger partial charge in [-0.3, -0.25) is 14.4 Å². The molecule has 1 aliphatic heterocycles. The van der Waals surface area contributed by atoms with Crippen LogP contribution in [0.2, 0.25) is 0 Å². The normalized spacial score (nSPS) is 17.5. The third-order valence-electron chi connectivity index (χ3n) is 3.85. The van der Waals surface area contributed by atoms with Crippen LogP contribution in [0.3, 0.4) is 0 Å². The predicted molar refractivity (Wildman–Crippen MR) is 89.2 cm³/mol. The molecule has 1 saturated heterocycles. The Hall–Kier alpha value is -2.61. The molecular formula is C16H17N3O4S. The van der Waals surface area contributed by atoms with E-state index in [9.17, 15) is 14.4 Å². The largest absolute Gasteiger partial charge is 0.459 e. The first kappa shape index (κ1) is 16.3. The molecule has 7 nitrogen and oxygen atoms in total. The van der Waals surface area contributed by atoms with Gasteiger partial charge in [-0.25, -0.2) is 0 Å². The highest BCUT2D eigenvalue weighted by atomic mass is 32.1. The molecule has 0 spiro atoms. The summed E-state index contributed by atoms with van der Waals surface area (Å²) in [5.41, 5.74) is 0.762. The Morgan fingerprint density at radius 3 is 2.96 bits per heavy atom. The zero-order valence-electron chi connectivity index (χ0n) is 13.3. The maximum atomic E-state index is 12.7. The van der Waals surface area contributed by atoms with E-state index in [0.29, 0.717) is 23.0 Å². The van der Waals surface area contributed by atoms with Crippen molar-refractivity contribution in [2.75, 3.05) is 18.4 Å². The fourth-order valence-corrected chi connectivity index (χ4v) is 3.55. The number of thiophene rings is 1. The van der Waals surface area contributed by atoms with Crippen molar-refractivity contribution in [1.82, 2.24) is 10.2 Å². The Morgan fingerprint density at radius 2 is 2.25 bits per heavy atom. The minimum atomic E-state index is -0.506. The van der Waals surface area contributed by atoms with Gasteiger partial charge in [-0.15, -0.1) is 11.3 Å². The van der Waals surface area contributed by atoms with Crippen molar-refractivity contribution in [3.05, 3.63) is 40.7 Å². The van der Waals surface area contributed by atoms with Gasteiger partial charge in [0.25, 0.3) is 11.8 Å². The van der Waals surface area contributed by atoms with E-state index in [-0.39, 0.29) is 23.5 Å². The minimum Gasteiger partial charge on any atom is -0.459 e. The number of amides is 3. The van der Waals surface area contributed by atoms with Gasteiger partial charge in [-0.2, -0.15) is 0 Å². The van der Waals surface area contributed by atoms with Gasteiger partial charge in [-0.1, -0.05) is 0 Å². The van der Waals surface area contributed by atoms with E-state index < -0.39 is 6.04 Å². The van der Waals surface area contributed by atoms with Crippen LogP contribution in [0.15, 0.2) is 28.9 Å². The zero-order valence-corrected chi connectivity index (χ0v) is 14.1. The first-order valence-electron chi connectivity index (χ1n) is 7.51. The van der Waals surface area contributed by atoms with Crippen molar-refractivity contribution in [1.29, 1.82) is 0 Å². The number of carbonyl (C=O) groups excluding carboxylic acids is 3. The highest BCUT2D eigenvalue weighted by Gasteiger charge is 2.31. The summed E-state index contributed by atoms with van der Waals surface area (Å²) in [5, 5.41) is 6.01. The number of nitrogens with one attached hydrogen (secondary N) is 2. The Kier molecular flexibility index (Phi) is 4.39. The summed E-state index contributed by atoms with van der Waals surface area (Å²) < 4.78 is 5.05. The summed E-state index contributed by atoms with van der Waals surface area (Å²) in [6.07, 6.45) is 1.42. The van der Waals surface area contributed by atoms with Crippen molar-refractivity contribution < 1.29 is 18.8 Å². The van der Waals surface area contributed by atoms with Gasteiger partial charge in [0.2, 0.25) is 5.91 Å². The summed E-state index contributed by atoms with van der Waals surface area (Å²) in [7, 11) is 0. The second kappa shape index (κ2) is 6.48. The summed E-state index contributed by atoms with van der Waals surface area (Å²) in [5.74, 6) is -0.519. The molecule has 1 atom stereocenters. The summed E-state index contributed by atoms with van der Waals surface area (Å²) in [6, 6.07) is 4.43. The zero-order chi connectivity index (χ0) is 17.3. The summed E-state index contributed by atoms with van der Waals surface area (Å²) >= 11 is 1.19. The highest BCUT2D eigenvalue weighted by Crippen LogP contribution is 2.29. The number of nitrogens with zero attached hydrogens (tertiary/aromatic N) is 1. The van der Waals surface area contributed by atoms with Gasteiger partial charge in [0.1, 0.15) is 6.04 Å². The van der Waals surface area contributed by atoms with Gasteiger partial charge in [0, 0.05) is 13.1 Å². The average Bonchev–Trinajstić information content (AvgIpc) is 3.19. The standard InChI is InChI=1S/C16H17N3O4S/c1-9-8-12(18-15(21)11-4-3-7-23-11)24-13(9)16(22)19-6-5-17-14(20)10(19)2/h3-4,7-8,10H,5-6H2,1-2H3,(H,17,20)(H,18,21). The maximum Gasteiger partial charge on any atom is 0.291 e. The fraction of sp³-hybridized carbons (Fsp3) is 0.312. The fourth-order valence-electron chi connectivity index (χ4n) is 2.53. The van der Waals surface area contributed by atoms with Crippen LogP contribution in [0.4, 0.5) is 5.00 Å². The topological polar surface area (TPSA) is 91.7 Å². The molecule has 1 unspecified atom stereocenters. The molecule has 1 aliphatic rings. The van der Waals surface area contributed by atoms with Gasteiger partial charge in [0.05, 0.1) is 16.1 Å². The van der Waals surface area contributed by atoms with E-state index in [0.717, 1.165) is 5.56 Å². The first-order valence-corrected chi connectivity index (χ1v) is 8.33. The molecule has 126 valence electrons. The second-order valence-electron chi connectivity index (χ2n) is 5.52. The second-order valence-corrected chi connectivity index (χ2v) is 6.57. The molecular weight excluding hydrogens is 330 g/mol. The van der Waals surface area contributed by atoms with Gasteiger partial charge < -0.3 is 20.0 Å². The van der Waals surface area contributed by atoms with Crippen LogP contribution in [0, 0.1) is 6.92 Å². The summed E-state index contributed by atoms with van der Waals surface area (Å²) in [4.78, 5) is 38.6. The van der Waals surface area contributed by atoms with Gasteiger partial charge in [0.15, 0.2) is 5.76 Å². The number of aryl methyl sites for hydroxylation is 1. The molecule has 2 aromatic rings. The van der Waals surface area contributed by atoms with Crippen molar-refractivity contribution in [2.24, 2.45) is 0 Å². The number of furan rings is 1. The molecule has 0 saturated carbocycles. The molecule has 2 N–H and O–H groups in total. The Morgan fingerprint density at radius 1 is 1.46 bits per heavy atom. The maximum absolute atomic E-state index is 12.7. The molecule has 8 heteroatoms. The smallest absolute Gasteiger partial charge is 0.291 e. The van der Waals surface area contributed by atoms with Crippen LogP contribution >= 0.6 is 11.3 Å². The Bertz CT molecular complexity index is 781. The van der Waals surface area contributed by atoms with Crippen LogP contribution in [-0.2, 0) is 4.79 Å². The van der Waals surface area contributed by atoms with Crippen LogP contribution in [0.1, 0.15) is 32.7 Å². The number of hydrogen-bond donors (Lipinski definition) is 2. The van der Waals surface area contributed by atoms with Crippen LogP contribution < -0.4 is 10.6 Å². The van der Waals surface area contributed by atoms with Crippen molar-refractivity contribution in [2.45, 2.75) is 19.9 Å². The van der Waals surface area contributed by atoms with Gasteiger partial charge in [-0.05, 0) is 37.6 Å². The van der Waals surface area contributed by atoms with E-state index in [1.807, 2.05) is 0 Å². The summed E-state index contributed by atoms with van der Waals surface area (Å²) in [6.45, 7) is 4.43. The first-order chi connectivity index (χ1) is 11.5. The molecule has 24 heavy (non-hydrogen) atoms. The Labute approximate surface area is 142 Å². The highest BCUT2D eigenvalue weighted by molar-refractivity contribution is 7.18. The van der Waals surface area contributed by atoms with Crippen molar-refractivity contribution >= 4 is 34.1 Å². The SMILES string of the molecule is Cc1cc(NC(=O)c2ccco2)sc1C(=O)N1CCNC(=O)C1C. The van der Waals surface area contributed by atoms with Crippen LogP contribution in [-0.4, -0.2) is 41.8 Å². The number of rotatable bonds is 3. The number of carbonyl (C=O) groups is 3. The number of hydrogen-bond acceptors (Lipinski definition) is 5. The van der Waals surface area contributed by atoms with E-state index in [1.165, 1.54) is 17.6 Å². The molecule has 0 radical (unpaired) electrons. The van der Waals surface area contributed by atoms with Crippen LogP contribution in [0.5, 0.6) is 0 Å². The average molecular weight is 347 g/mol. The van der Waals surface area contributed by atoms with E-state index >= 15 is 0 Å². The van der Waals surface area contributed by atoms with Gasteiger partial charge >= 0.3 is 0 Å². The van der Waals surface area contributed by atoms with Crippen molar-refractivity contribution in [3.8, 4) is 0 Å². The number of anilines is 1. The minimum absolute atomic E-state index is 0.157. The third kappa shape index (κ3) is 3.05. The lowest BCUT2D eigenvalue weighted by Crippen LogP contribution is -2.55. The molecule has 3 amide bonds. The van der Waals surface area contributed by atoms with E-state index in [2.05, 4.69) is 10.6 Å². The molecule has 0 bridgehead atoms. The Balaban J connectivity index is 1.77. The number of piperazine rings is 1. The molecule has 0 aromatic carbocycles. The quantitative estimate of drug-likeness (QED) is 0.886. The monoisotopic (exact) mass is 347 g/mol.